The summed E-state index contributed by atoms with van der Waals surface area (Å²) in [5, 5.41) is 7.20. The van der Waals surface area contributed by atoms with E-state index in [2.05, 4.69) is 162 Å². The van der Waals surface area contributed by atoms with Crippen molar-refractivity contribution in [3.05, 3.63) is 201 Å². The minimum Gasteiger partial charge on any atom is -0.309 e. The van der Waals surface area contributed by atoms with E-state index >= 15 is 0 Å². The molecule has 0 aliphatic rings. The maximum Gasteiger partial charge on any atom is 0.235 e. The first-order chi connectivity index (χ1) is 26.7. The van der Waals surface area contributed by atoms with E-state index in [1.807, 2.05) is 36.4 Å². The second-order valence-electron chi connectivity index (χ2n) is 13.5. The van der Waals surface area contributed by atoms with Crippen LogP contribution in [0.4, 0.5) is 0 Å². The summed E-state index contributed by atoms with van der Waals surface area (Å²) in [5.74, 6) is 0.600. The van der Waals surface area contributed by atoms with E-state index < -0.39 is 0 Å². The second kappa shape index (κ2) is 12.7. The highest BCUT2D eigenvalue weighted by Crippen LogP contribution is 2.39. The van der Waals surface area contributed by atoms with Crippen molar-refractivity contribution in [3.63, 3.8) is 0 Å². The second-order valence-corrected chi connectivity index (χ2v) is 13.5. The zero-order valence-electron chi connectivity index (χ0n) is 29.5. The molecule has 0 unspecified atom stereocenters. The lowest BCUT2D eigenvalue weighted by Gasteiger charge is -2.13. The van der Waals surface area contributed by atoms with Crippen molar-refractivity contribution in [1.82, 2.24) is 19.1 Å². The van der Waals surface area contributed by atoms with E-state index in [0.717, 1.165) is 55.5 Å². The van der Waals surface area contributed by atoms with Crippen LogP contribution in [0.3, 0.4) is 0 Å². The Morgan fingerprint density at radius 2 is 1.09 bits per heavy atom. The molecule has 0 saturated carbocycles. The number of para-hydroxylation sites is 2. The van der Waals surface area contributed by atoms with Crippen LogP contribution in [0.15, 0.2) is 195 Å². The molecule has 0 amide bonds. The third kappa shape index (κ3) is 5.00. The van der Waals surface area contributed by atoms with Gasteiger partial charge >= 0.3 is 0 Å². The van der Waals surface area contributed by atoms with Crippen LogP contribution >= 0.6 is 0 Å². The minimum atomic E-state index is 0.600. The average molecular weight is 691 g/mol. The molecule has 0 saturated heterocycles. The van der Waals surface area contributed by atoms with Crippen molar-refractivity contribution in [1.29, 1.82) is 0 Å². The van der Waals surface area contributed by atoms with Crippen LogP contribution in [0.25, 0.3) is 94.0 Å². The summed E-state index contributed by atoms with van der Waals surface area (Å²) in [7, 11) is 0. The van der Waals surface area contributed by atoms with Gasteiger partial charge in [-0.05, 0) is 64.6 Å². The van der Waals surface area contributed by atoms with Crippen LogP contribution in [0.2, 0.25) is 0 Å². The largest absolute Gasteiger partial charge is 0.309 e. The molecule has 0 atom stereocenters. The van der Waals surface area contributed by atoms with Crippen LogP contribution in [0.5, 0.6) is 0 Å². The van der Waals surface area contributed by atoms with Crippen molar-refractivity contribution in [2.75, 3.05) is 0 Å². The Bertz CT molecular complexity index is 3140. The zero-order chi connectivity index (χ0) is 36.2. The maximum absolute atomic E-state index is 5.18. The third-order valence-corrected chi connectivity index (χ3v) is 10.5. The van der Waals surface area contributed by atoms with Gasteiger partial charge in [0.25, 0.3) is 0 Å². The molecule has 0 aliphatic heterocycles. The first kappa shape index (κ1) is 31.4. The summed E-state index contributed by atoms with van der Waals surface area (Å²) in [5.41, 5.74) is 11.4. The van der Waals surface area contributed by atoms with E-state index in [4.69, 9.17) is 9.97 Å². The van der Waals surface area contributed by atoms with Gasteiger partial charge in [0.1, 0.15) is 0 Å². The SMILES string of the molecule is C=C/C=C(\C=C)c1cc(-c2ccccc2)nc(-n2c3ccccc3c3cc(-c4ccc5c6ccccc6n(-c6cccc7ccccc67)c5c4)ccc32)n1. The predicted molar refractivity (Wildman–Crippen MR) is 227 cm³/mol. The van der Waals surface area contributed by atoms with E-state index in [-0.39, 0.29) is 0 Å². The van der Waals surface area contributed by atoms with Gasteiger partial charge in [-0.1, -0.05) is 153 Å². The summed E-state index contributed by atoms with van der Waals surface area (Å²) in [6, 6.07) is 58.3. The van der Waals surface area contributed by atoms with Crippen molar-refractivity contribution in [3.8, 4) is 34.0 Å². The Kier molecular flexibility index (Phi) is 7.41. The van der Waals surface area contributed by atoms with Crippen LogP contribution < -0.4 is 0 Å². The smallest absolute Gasteiger partial charge is 0.235 e. The third-order valence-electron chi connectivity index (χ3n) is 10.5. The first-order valence-electron chi connectivity index (χ1n) is 18.2. The molecule has 254 valence electrons. The highest BCUT2D eigenvalue weighted by molar-refractivity contribution is 6.13. The fraction of sp³-hybridized carbons (Fsp3) is 0. The Morgan fingerprint density at radius 3 is 1.89 bits per heavy atom. The highest BCUT2D eigenvalue weighted by Gasteiger charge is 2.19. The number of hydrogen-bond donors (Lipinski definition) is 0. The number of allylic oxidation sites excluding steroid dienone is 4. The monoisotopic (exact) mass is 690 g/mol. The number of benzene rings is 7. The molecule has 3 aromatic heterocycles. The average Bonchev–Trinajstić information content (AvgIpc) is 3.75. The molecular weight excluding hydrogens is 657 g/mol. The topological polar surface area (TPSA) is 35.6 Å². The van der Waals surface area contributed by atoms with Gasteiger partial charge in [0.2, 0.25) is 5.95 Å². The molecule has 10 aromatic rings. The molecule has 3 heterocycles. The zero-order valence-corrected chi connectivity index (χ0v) is 29.5. The molecule has 0 aliphatic carbocycles. The lowest BCUT2D eigenvalue weighted by Crippen LogP contribution is -2.05. The normalized spacial score (nSPS) is 12.0. The van der Waals surface area contributed by atoms with Crippen molar-refractivity contribution >= 4 is 60.0 Å². The summed E-state index contributed by atoms with van der Waals surface area (Å²) in [6.45, 7) is 8.00. The van der Waals surface area contributed by atoms with Crippen LogP contribution in [-0.2, 0) is 0 Å². The van der Waals surface area contributed by atoms with Gasteiger partial charge in [-0.3, -0.25) is 4.57 Å². The Labute approximate surface area is 312 Å². The maximum atomic E-state index is 5.18. The van der Waals surface area contributed by atoms with E-state index in [0.29, 0.717) is 5.95 Å². The van der Waals surface area contributed by atoms with Gasteiger partial charge < -0.3 is 4.57 Å². The fourth-order valence-electron chi connectivity index (χ4n) is 8.01. The first-order valence-corrected chi connectivity index (χ1v) is 18.2. The van der Waals surface area contributed by atoms with E-state index in [9.17, 15) is 0 Å². The Hall–Kier alpha value is -7.30. The standard InChI is InChI=1S/C50H34N4/c1-3-15-33(4-2)43-32-44(35-17-6-5-7-18-35)52-50(51-43)54-47-24-13-11-22-40(47)42-30-36(27-29-48(42)54)37-26-28-41-39-21-10-12-23-46(39)53(49(41)31-37)45-25-14-19-34-16-8-9-20-38(34)45/h3-32H,1-2H2/b33-15+. The van der Waals surface area contributed by atoms with Crippen LogP contribution in [-0.4, -0.2) is 19.1 Å². The quantitative estimate of drug-likeness (QED) is 0.156. The van der Waals surface area contributed by atoms with Gasteiger partial charge in [-0.25, -0.2) is 9.97 Å². The van der Waals surface area contributed by atoms with Crippen molar-refractivity contribution in [2.24, 2.45) is 0 Å². The molecule has 54 heavy (non-hydrogen) atoms. The fourth-order valence-corrected chi connectivity index (χ4v) is 8.01. The molecule has 0 fully saturated rings. The van der Waals surface area contributed by atoms with Gasteiger partial charge in [0.15, 0.2) is 0 Å². The number of aromatic nitrogens is 4. The number of nitrogens with zero attached hydrogens (tertiary/aromatic N) is 4. The summed E-state index contributed by atoms with van der Waals surface area (Å²) < 4.78 is 4.61. The minimum absolute atomic E-state index is 0.600. The van der Waals surface area contributed by atoms with E-state index in [1.54, 1.807) is 6.08 Å². The molecule has 7 aromatic carbocycles. The molecule has 0 radical (unpaired) electrons. The number of hydrogen-bond acceptors (Lipinski definition) is 2. The number of fused-ring (bicyclic) bond motifs is 7. The van der Waals surface area contributed by atoms with Gasteiger partial charge in [0, 0.05) is 32.5 Å². The van der Waals surface area contributed by atoms with Crippen LogP contribution in [0, 0.1) is 0 Å². The number of rotatable bonds is 7. The van der Waals surface area contributed by atoms with Gasteiger partial charge in [0.05, 0.1) is 39.1 Å². The Balaban J connectivity index is 1.19. The lowest BCUT2D eigenvalue weighted by molar-refractivity contribution is 0.983. The van der Waals surface area contributed by atoms with Gasteiger partial charge in [-0.2, -0.15) is 0 Å². The summed E-state index contributed by atoms with van der Waals surface area (Å²) in [6.07, 6.45) is 5.52. The molecule has 4 heteroatoms. The molecule has 0 bridgehead atoms. The lowest BCUT2D eigenvalue weighted by atomic mass is 10.0. The van der Waals surface area contributed by atoms with E-state index in [1.165, 1.54) is 38.3 Å². The molecule has 0 spiro atoms. The van der Waals surface area contributed by atoms with Crippen molar-refractivity contribution < 1.29 is 0 Å². The molecular formula is C50H34N4. The molecule has 0 N–H and O–H groups in total. The molecule has 10 rings (SSSR count). The van der Waals surface area contributed by atoms with Crippen molar-refractivity contribution in [2.45, 2.75) is 0 Å². The summed E-state index contributed by atoms with van der Waals surface area (Å²) >= 11 is 0. The molecule has 4 nitrogen and oxygen atoms in total. The highest BCUT2D eigenvalue weighted by atomic mass is 15.2. The predicted octanol–water partition coefficient (Wildman–Crippen LogP) is 12.9. The van der Waals surface area contributed by atoms with Crippen LogP contribution in [0.1, 0.15) is 5.69 Å². The summed E-state index contributed by atoms with van der Waals surface area (Å²) in [4.78, 5) is 10.3. The van der Waals surface area contributed by atoms with Gasteiger partial charge in [-0.15, -0.1) is 0 Å². The Morgan fingerprint density at radius 1 is 0.463 bits per heavy atom.